The summed E-state index contributed by atoms with van der Waals surface area (Å²) in [5.74, 6) is 1.73. The fourth-order valence-corrected chi connectivity index (χ4v) is 10.8. The van der Waals surface area contributed by atoms with Crippen molar-refractivity contribution in [1.29, 1.82) is 0 Å². The molecule has 0 saturated heterocycles. The summed E-state index contributed by atoms with van der Waals surface area (Å²) in [5.41, 5.74) is 3.17. The first-order valence-electron chi connectivity index (χ1n) is 15.5. The van der Waals surface area contributed by atoms with Gasteiger partial charge in [-0.25, -0.2) is 9.97 Å². The Kier molecular flexibility index (Phi) is 10.5. The number of anilines is 1. The molecule has 3 heterocycles. The number of fused-ring (bicyclic) bond motifs is 1. The molecule has 3 aromatic heterocycles. The van der Waals surface area contributed by atoms with Crippen LogP contribution in [-0.4, -0.2) is 52.8 Å². The second-order valence-electron chi connectivity index (χ2n) is 12.3. The highest BCUT2D eigenvalue weighted by Crippen LogP contribution is 2.37. The molecule has 235 valence electrons. The van der Waals surface area contributed by atoms with Gasteiger partial charge in [-0.3, -0.25) is 9.67 Å². The van der Waals surface area contributed by atoms with E-state index in [9.17, 15) is 0 Å². The van der Waals surface area contributed by atoms with Crippen LogP contribution in [0.25, 0.3) is 11.0 Å². The third-order valence-electron chi connectivity index (χ3n) is 8.23. The van der Waals surface area contributed by atoms with E-state index in [1.54, 1.807) is 19.5 Å². The topological polar surface area (TPSA) is 87.0 Å². The fourth-order valence-electron chi connectivity index (χ4n) is 6.10. The minimum absolute atomic E-state index is 0.0818. The number of benzene rings is 2. The molecule has 8 nitrogen and oxygen atoms in total. The molecule has 2 aromatic carbocycles. The van der Waals surface area contributed by atoms with Crippen LogP contribution in [0.1, 0.15) is 58.2 Å². The van der Waals surface area contributed by atoms with Gasteiger partial charge in [0.2, 0.25) is 6.33 Å². The van der Waals surface area contributed by atoms with Crippen LogP contribution >= 0.6 is 11.6 Å². The van der Waals surface area contributed by atoms with Crippen molar-refractivity contribution in [2.75, 3.05) is 19.0 Å². The van der Waals surface area contributed by atoms with Gasteiger partial charge in [0.25, 0.3) is 8.32 Å². The number of nitrogens with zero attached hydrogens (tertiary/aromatic N) is 5. The highest BCUT2D eigenvalue weighted by atomic mass is 35.5. The maximum Gasteiger partial charge on any atom is 0.261 e. The van der Waals surface area contributed by atoms with E-state index in [1.165, 1.54) is 10.4 Å². The Morgan fingerprint density at radius 1 is 0.978 bits per heavy atom. The number of methoxy groups -OCH3 is 1. The summed E-state index contributed by atoms with van der Waals surface area (Å²) in [5, 5.41) is 10.8. The number of halogens is 1. The first-order valence-corrected chi connectivity index (χ1v) is 17.9. The molecule has 1 radical (unpaired) electrons. The number of ether oxygens (including phenoxy) is 1. The number of hydrogen-bond donors (Lipinski definition) is 1. The SMILES string of the molecule is CCC[C@@H](CCO[Si](c1ccccc1)(c1ccccc1)C(C)(C)C)Nc1n[c]nc2cnn(Cc3cnc(CCl)cc3OC)c12. The van der Waals surface area contributed by atoms with Crippen molar-refractivity contribution in [3.8, 4) is 5.75 Å². The minimum atomic E-state index is -2.63. The second kappa shape index (κ2) is 14.5. The maximum absolute atomic E-state index is 7.21. The summed E-state index contributed by atoms with van der Waals surface area (Å²) < 4.78 is 14.7. The predicted molar refractivity (Wildman–Crippen MR) is 184 cm³/mol. The van der Waals surface area contributed by atoms with Crippen LogP contribution in [0.5, 0.6) is 5.75 Å². The molecule has 0 amide bonds. The van der Waals surface area contributed by atoms with Crippen molar-refractivity contribution in [1.82, 2.24) is 24.7 Å². The molecule has 0 spiro atoms. The van der Waals surface area contributed by atoms with Crippen LogP contribution in [0.2, 0.25) is 5.04 Å². The van der Waals surface area contributed by atoms with Crippen molar-refractivity contribution in [2.24, 2.45) is 0 Å². The van der Waals surface area contributed by atoms with E-state index in [4.69, 9.17) is 20.8 Å². The lowest BCUT2D eigenvalue weighted by molar-refractivity contribution is 0.281. The minimum Gasteiger partial charge on any atom is -0.496 e. The Bertz CT molecular complexity index is 1640. The van der Waals surface area contributed by atoms with Gasteiger partial charge in [0.15, 0.2) is 5.82 Å². The quantitative estimate of drug-likeness (QED) is 0.111. The van der Waals surface area contributed by atoms with Crippen molar-refractivity contribution >= 4 is 47.1 Å². The predicted octanol–water partition coefficient (Wildman–Crippen LogP) is 6.36. The van der Waals surface area contributed by atoms with Gasteiger partial charge in [-0.05, 0) is 28.3 Å². The summed E-state index contributed by atoms with van der Waals surface area (Å²) in [6, 6.07) is 23.5. The van der Waals surface area contributed by atoms with E-state index in [2.05, 4.69) is 120 Å². The average Bonchev–Trinajstić information content (AvgIpc) is 3.47. The standard InChI is InChI=1S/C35H42ClN6O2Si/c1-6-13-27(18-19-44-45(35(2,3)4,29-14-9-7-10-15-29)30-16-11-8-12-17-30)41-34-33-31(38-25-39-34)23-40-42(33)24-26-22-37-28(21-36)20-32(26)43-5/h7-12,14-17,20,22-23,27H,6,13,18-19,21,24H2,1-5H3,(H,38,39,41)/t27-/m0/s1. The van der Waals surface area contributed by atoms with Crippen molar-refractivity contribution in [2.45, 2.75) is 70.5 Å². The lowest BCUT2D eigenvalue weighted by Crippen LogP contribution is -2.66. The molecule has 5 aromatic rings. The normalized spacial score (nSPS) is 12.8. The van der Waals surface area contributed by atoms with Gasteiger partial charge in [0, 0.05) is 30.5 Å². The Labute approximate surface area is 272 Å². The molecular weight excluding hydrogens is 600 g/mol. The Morgan fingerprint density at radius 3 is 2.27 bits per heavy atom. The van der Waals surface area contributed by atoms with Crippen LogP contribution in [-0.2, 0) is 16.9 Å². The summed E-state index contributed by atoms with van der Waals surface area (Å²) in [6.45, 7) is 10.2. The molecule has 1 N–H and O–H groups in total. The first-order chi connectivity index (χ1) is 21.8. The zero-order valence-electron chi connectivity index (χ0n) is 26.8. The Hall–Kier alpha value is -3.79. The Morgan fingerprint density at radius 2 is 1.67 bits per heavy atom. The van der Waals surface area contributed by atoms with Crippen LogP contribution < -0.4 is 20.4 Å². The van der Waals surface area contributed by atoms with E-state index in [0.29, 0.717) is 30.6 Å². The number of aromatic nitrogens is 5. The lowest BCUT2D eigenvalue weighted by Gasteiger charge is -2.43. The molecule has 0 unspecified atom stereocenters. The van der Waals surface area contributed by atoms with Crippen LogP contribution in [0, 0.1) is 6.33 Å². The summed E-state index contributed by atoms with van der Waals surface area (Å²) in [4.78, 5) is 13.4. The molecular formula is C35H42ClN6O2Si. The van der Waals surface area contributed by atoms with Gasteiger partial charge in [-0.15, -0.1) is 11.6 Å². The fraction of sp³-hybridized carbons (Fsp3) is 0.371. The highest BCUT2D eigenvalue weighted by molar-refractivity contribution is 6.99. The second-order valence-corrected chi connectivity index (χ2v) is 16.8. The smallest absolute Gasteiger partial charge is 0.261 e. The van der Waals surface area contributed by atoms with E-state index >= 15 is 0 Å². The van der Waals surface area contributed by atoms with Crippen molar-refractivity contribution < 1.29 is 9.16 Å². The highest BCUT2D eigenvalue weighted by Gasteiger charge is 2.50. The monoisotopic (exact) mass is 641 g/mol. The number of alkyl halides is 1. The first kappa shape index (κ1) is 32.6. The number of pyridine rings is 1. The average molecular weight is 642 g/mol. The third kappa shape index (κ3) is 7.06. The summed E-state index contributed by atoms with van der Waals surface area (Å²) >= 11 is 6.00. The van der Waals surface area contributed by atoms with Gasteiger partial charge < -0.3 is 14.5 Å². The number of rotatable bonds is 14. The molecule has 0 fully saturated rings. The molecule has 0 aliphatic heterocycles. The third-order valence-corrected chi connectivity index (χ3v) is 13.5. The zero-order valence-corrected chi connectivity index (χ0v) is 28.5. The lowest BCUT2D eigenvalue weighted by atomic mass is 10.1. The van der Waals surface area contributed by atoms with Gasteiger partial charge in [-0.2, -0.15) is 5.10 Å². The van der Waals surface area contributed by atoms with Gasteiger partial charge in [0.05, 0.1) is 31.4 Å². The number of nitrogens with one attached hydrogen (secondary N) is 1. The van der Waals surface area contributed by atoms with E-state index in [0.717, 1.165) is 41.6 Å². The van der Waals surface area contributed by atoms with Gasteiger partial charge in [-0.1, -0.05) is 94.8 Å². The molecule has 0 aliphatic rings. The van der Waals surface area contributed by atoms with Crippen LogP contribution in [0.15, 0.2) is 79.1 Å². The van der Waals surface area contributed by atoms with Gasteiger partial charge >= 0.3 is 0 Å². The van der Waals surface area contributed by atoms with Crippen LogP contribution in [0.3, 0.4) is 0 Å². The summed E-state index contributed by atoms with van der Waals surface area (Å²) in [7, 11) is -0.986. The molecule has 0 bridgehead atoms. The van der Waals surface area contributed by atoms with E-state index < -0.39 is 8.32 Å². The van der Waals surface area contributed by atoms with E-state index in [-0.39, 0.29) is 11.1 Å². The van der Waals surface area contributed by atoms with Crippen molar-refractivity contribution in [3.05, 3.63) is 96.7 Å². The maximum atomic E-state index is 7.21. The molecule has 0 saturated carbocycles. The van der Waals surface area contributed by atoms with E-state index in [1.807, 2.05) is 10.7 Å². The van der Waals surface area contributed by atoms with Crippen LogP contribution in [0.4, 0.5) is 5.82 Å². The summed E-state index contributed by atoms with van der Waals surface area (Å²) in [6.07, 6.45) is 9.14. The largest absolute Gasteiger partial charge is 0.496 e. The Balaban J connectivity index is 1.41. The molecule has 5 rings (SSSR count). The number of hydrogen-bond acceptors (Lipinski definition) is 7. The molecule has 1 atom stereocenters. The molecule has 10 heteroatoms. The van der Waals surface area contributed by atoms with Crippen molar-refractivity contribution in [3.63, 3.8) is 0 Å². The zero-order chi connectivity index (χ0) is 31.9. The molecule has 0 aliphatic carbocycles. The van der Waals surface area contributed by atoms with Gasteiger partial charge in [0.1, 0.15) is 16.8 Å². The molecule has 45 heavy (non-hydrogen) atoms.